The third-order valence-corrected chi connectivity index (χ3v) is 7.92. The van der Waals surface area contributed by atoms with Gasteiger partial charge in [-0.15, -0.1) is 0 Å². The molecule has 6 heteroatoms. The fourth-order valence-electron chi connectivity index (χ4n) is 6.37. The third-order valence-electron chi connectivity index (χ3n) is 7.92. The fourth-order valence-corrected chi connectivity index (χ4v) is 6.37. The van der Waals surface area contributed by atoms with E-state index in [1.54, 1.807) is 0 Å². The normalized spacial score (nSPS) is 28.3. The predicted octanol–water partition coefficient (Wildman–Crippen LogP) is 4.66. The van der Waals surface area contributed by atoms with E-state index in [1.165, 1.54) is 16.8 Å². The van der Waals surface area contributed by atoms with Gasteiger partial charge in [0.15, 0.2) is 5.78 Å². The molecule has 2 aliphatic heterocycles. The van der Waals surface area contributed by atoms with E-state index in [2.05, 4.69) is 75.4 Å². The molecule has 1 saturated carbocycles. The molecule has 2 fully saturated rings. The lowest BCUT2D eigenvalue weighted by atomic mass is 9.79. The van der Waals surface area contributed by atoms with Crippen LogP contribution in [-0.4, -0.2) is 42.4 Å². The van der Waals surface area contributed by atoms with E-state index < -0.39 is 0 Å². The van der Waals surface area contributed by atoms with Crippen LogP contribution in [0.25, 0.3) is 0 Å². The Morgan fingerprint density at radius 3 is 2.59 bits per heavy atom. The lowest BCUT2D eigenvalue weighted by Gasteiger charge is -2.40. The van der Waals surface area contributed by atoms with Gasteiger partial charge in [0.2, 0.25) is 0 Å². The highest BCUT2D eigenvalue weighted by molar-refractivity contribution is 5.85. The first kappa shape index (κ1) is 22.9. The van der Waals surface area contributed by atoms with Gasteiger partial charge in [-0.3, -0.25) is 9.69 Å². The van der Waals surface area contributed by atoms with Gasteiger partial charge in [-0.05, 0) is 49.9 Å². The van der Waals surface area contributed by atoms with Crippen molar-refractivity contribution in [2.45, 2.75) is 57.2 Å². The number of para-hydroxylation sites is 1. The molecule has 2 heterocycles. The van der Waals surface area contributed by atoms with Crippen LogP contribution < -0.4 is 16.0 Å². The molecule has 1 aliphatic carbocycles. The first-order valence-electron chi connectivity index (χ1n) is 12.9. The van der Waals surface area contributed by atoms with Gasteiger partial charge in [-0.25, -0.2) is 4.79 Å². The highest BCUT2D eigenvalue weighted by Crippen LogP contribution is 2.51. The topological polar surface area (TPSA) is 73.5 Å². The smallest absolute Gasteiger partial charge is 0.315 e. The van der Waals surface area contributed by atoms with Crippen LogP contribution in [0.2, 0.25) is 0 Å². The summed E-state index contributed by atoms with van der Waals surface area (Å²) in [6.45, 7) is 3.87. The largest absolute Gasteiger partial charge is 0.378 e. The van der Waals surface area contributed by atoms with E-state index in [1.807, 2.05) is 6.92 Å². The molecule has 2 aromatic rings. The van der Waals surface area contributed by atoms with Crippen LogP contribution in [-0.2, 0) is 4.79 Å². The monoisotopic (exact) mass is 460 g/mol. The number of ketones is 1. The number of carbonyl (C=O) groups excluding carboxylic acids is 2. The minimum Gasteiger partial charge on any atom is -0.378 e. The van der Waals surface area contributed by atoms with Gasteiger partial charge in [-0.1, -0.05) is 61.4 Å². The number of nitrogens with one attached hydrogen (secondary N) is 3. The number of hydrogen-bond donors (Lipinski definition) is 3. The predicted molar refractivity (Wildman–Crippen MR) is 135 cm³/mol. The molecule has 0 spiro atoms. The van der Waals surface area contributed by atoms with Gasteiger partial charge in [0, 0.05) is 36.2 Å². The first-order valence-corrected chi connectivity index (χ1v) is 12.9. The maximum atomic E-state index is 13.6. The second-order valence-electron chi connectivity index (χ2n) is 9.96. The van der Waals surface area contributed by atoms with Crippen LogP contribution in [0.1, 0.15) is 62.2 Å². The quantitative estimate of drug-likeness (QED) is 0.586. The summed E-state index contributed by atoms with van der Waals surface area (Å²) >= 11 is 0. The van der Waals surface area contributed by atoms with E-state index in [0.29, 0.717) is 19.0 Å². The Bertz CT molecular complexity index is 1010. The fraction of sp³-hybridized carbons (Fsp3) is 0.500. The molecule has 0 aromatic heterocycles. The van der Waals surface area contributed by atoms with Crippen LogP contribution in [0.5, 0.6) is 0 Å². The molecule has 3 aliphatic rings. The van der Waals surface area contributed by atoms with E-state index >= 15 is 0 Å². The number of likely N-dealkylation sites (tertiary alicyclic amines) is 1. The number of fused-ring (bicyclic) bond motifs is 3. The summed E-state index contributed by atoms with van der Waals surface area (Å²) in [5.74, 6) is 0.590. The zero-order valence-electron chi connectivity index (χ0n) is 20.0. The molecule has 2 amide bonds. The summed E-state index contributed by atoms with van der Waals surface area (Å²) in [5, 5.41) is 9.69. The Labute approximate surface area is 202 Å². The van der Waals surface area contributed by atoms with Crippen molar-refractivity contribution in [2.75, 3.05) is 25.0 Å². The molecule has 0 bridgehead atoms. The zero-order chi connectivity index (χ0) is 23.5. The number of amides is 2. The van der Waals surface area contributed by atoms with E-state index in [-0.39, 0.29) is 35.9 Å². The van der Waals surface area contributed by atoms with Crippen LogP contribution >= 0.6 is 0 Å². The van der Waals surface area contributed by atoms with E-state index in [0.717, 1.165) is 38.6 Å². The number of rotatable bonds is 6. The standard InChI is InChI=1S/C28H36N4O2/c1-2-29-28(34)31-23-14-8-6-12-20(23)25(33)18-32-17-16-22-26(19-10-4-3-5-11-19)30-24-15-9-7-13-21(24)27(22)32/h3-5,7,9-11,13,15,20,22-23,26-27,30H,2,6,8,12,14,16-18H2,1H3,(H2,29,31,34)/t20-,22+,23+,26-,27-/m0/s1. The summed E-state index contributed by atoms with van der Waals surface area (Å²) in [4.78, 5) is 28.2. The molecule has 0 radical (unpaired) electrons. The molecule has 0 unspecified atom stereocenters. The first-order chi connectivity index (χ1) is 16.7. The Morgan fingerprint density at radius 1 is 1.00 bits per heavy atom. The van der Waals surface area contributed by atoms with Gasteiger partial charge in [-0.2, -0.15) is 0 Å². The molecule has 5 rings (SSSR count). The number of urea groups is 1. The molecule has 34 heavy (non-hydrogen) atoms. The van der Waals surface area contributed by atoms with Crippen molar-refractivity contribution in [2.24, 2.45) is 11.8 Å². The average Bonchev–Trinajstić information content (AvgIpc) is 3.28. The molecule has 180 valence electrons. The van der Waals surface area contributed by atoms with Crippen molar-refractivity contribution in [3.05, 3.63) is 65.7 Å². The number of nitrogens with zero attached hydrogens (tertiary/aromatic N) is 1. The lowest BCUT2D eigenvalue weighted by Crippen LogP contribution is -2.50. The number of hydrogen-bond acceptors (Lipinski definition) is 4. The van der Waals surface area contributed by atoms with Crippen molar-refractivity contribution >= 4 is 17.5 Å². The molecule has 2 aromatic carbocycles. The van der Waals surface area contributed by atoms with Gasteiger partial charge in [0.05, 0.1) is 12.6 Å². The minimum absolute atomic E-state index is 0.0661. The molecule has 6 nitrogen and oxygen atoms in total. The summed E-state index contributed by atoms with van der Waals surface area (Å²) in [7, 11) is 0. The van der Waals surface area contributed by atoms with Crippen LogP contribution in [0.4, 0.5) is 10.5 Å². The van der Waals surface area contributed by atoms with Crippen molar-refractivity contribution in [1.82, 2.24) is 15.5 Å². The molecule has 1 saturated heterocycles. The van der Waals surface area contributed by atoms with E-state index in [4.69, 9.17) is 0 Å². The van der Waals surface area contributed by atoms with Crippen molar-refractivity contribution in [1.29, 1.82) is 0 Å². The summed E-state index contributed by atoms with van der Waals surface area (Å²) in [5.41, 5.74) is 3.77. The molecular formula is C28H36N4O2. The van der Waals surface area contributed by atoms with Crippen molar-refractivity contribution in [3.8, 4) is 0 Å². The second kappa shape index (κ2) is 10.2. The molecule has 3 N–H and O–H groups in total. The number of benzene rings is 2. The molecular weight excluding hydrogens is 424 g/mol. The highest BCUT2D eigenvalue weighted by Gasteiger charge is 2.45. The number of Topliss-reactive ketones (excluding diaryl/α,β-unsaturated/α-hetero) is 1. The Balaban J connectivity index is 1.36. The average molecular weight is 461 g/mol. The van der Waals surface area contributed by atoms with Crippen LogP contribution in [0, 0.1) is 11.8 Å². The summed E-state index contributed by atoms with van der Waals surface area (Å²) < 4.78 is 0. The van der Waals surface area contributed by atoms with Crippen LogP contribution in [0.3, 0.4) is 0 Å². The van der Waals surface area contributed by atoms with Crippen molar-refractivity contribution < 1.29 is 9.59 Å². The number of anilines is 1. The van der Waals surface area contributed by atoms with Crippen LogP contribution in [0.15, 0.2) is 54.6 Å². The maximum absolute atomic E-state index is 13.6. The van der Waals surface area contributed by atoms with Gasteiger partial charge in [0.1, 0.15) is 0 Å². The summed E-state index contributed by atoms with van der Waals surface area (Å²) in [6, 6.07) is 19.5. The SMILES string of the molecule is CCNC(=O)N[C@@H]1CCCC[C@@H]1C(=O)CN1CC[C@@H]2[C@H](c3ccccc3)Nc3ccccc3[C@@H]21. The summed E-state index contributed by atoms with van der Waals surface area (Å²) in [6.07, 6.45) is 4.92. The second-order valence-corrected chi connectivity index (χ2v) is 9.96. The van der Waals surface area contributed by atoms with Gasteiger partial charge in [0.25, 0.3) is 0 Å². The maximum Gasteiger partial charge on any atom is 0.315 e. The molecule has 5 atom stereocenters. The Hall–Kier alpha value is -2.86. The van der Waals surface area contributed by atoms with E-state index in [9.17, 15) is 9.59 Å². The Morgan fingerprint density at radius 2 is 1.76 bits per heavy atom. The lowest BCUT2D eigenvalue weighted by molar-refractivity contribution is -0.126. The third kappa shape index (κ3) is 4.56. The number of carbonyl (C=O) groups is 2. The van der Waals surface area contributed by atoms with Crippen molar-refractivity contribution in [3.63, 3.8) is 0 Å². The Kier molecular flexibility index (Phi) is 6.86. The van der Waals surface area contributed by atoms with Gasteiger partial charge >= 0.3 is 6.03 Å². The zero-order valence-corrected chi connectivity index (χ0v) is 20.0. The highest BCUT2D eigenvalue weighted by atomic mass is 16.2. The van der Waals surface area contributed by atoms with Gasteiger partial charge < -0.3 is 16.0 Å². The minimum atomic E-state index is -0.161.